The maximum atomic E-state index is 6.25. The van der Waals surface area contributed by atoms with Crippen LogP contribution in [-0.2, 0) is 0 Å². The molecule has 0 unspecified atom stereocenters. The maximum absolute atomic E-state index is 6.25. The van der Waals surface area contributed by atoms with Crippen molar-refractivity contribution in [2.45, 2.75) is 6.92 Å². The summed E-state index contributed by atoms with van der Waals surface area (Å²) >= 11 is 17.3. The number of para-hydroxylation sites is 1. The third-order valence-electron chi connectivity index (χ3n) is 3.02. The van der Waals surface area contributed by atoms with Gasteiger partial charge < -0.3 is 19.9 Å². The standard InChI is InChI=1S/C17H17Cl2NO3S/c1-2-21-15-10-11(17(20)24)9-13(19)16(15)23-8-7-22-14-6-4-3-5-12(14)18/h3-6,9-10H,2,7-8H2,1H3,(H2,20,24). The fourth-order valence-electron chi connectivity index (χ4n) is 1.97. The summed E-state index contributed by atoms with van der Waals surface area (Å²) in [6.07, 6.45) is 0. The first-order valence-corrected chi connectivity index (χ1v) is 8.45. The molecule has 0 saturated heterocycles. The lowest BCUT2D eigenvalue weighted by Crippen LogP contribution is -2.12. The highest BCUT2D eigenvalue weighted by Crippen LogP contribution is 2.36. The van der Waals surface area contributed by atoms with Gasteiger partial charge >= 0.3 is 0 Å². The number of benzene rings is 2. The summed E-state index contributed by atoms with van der Waals surface area (Å²) in [5.41, 5.74) is 6.27. The Morgan fingerprint density at radius 1 is 1.00 bits per heavy atom. The van der Waals surface area contributed by atoms with E-state index in [4.69, 9.17) is 55.4 Å². The molecule has 0 atom stereocenters. The van der Waals surface area contributed by atoms with E-state index >= 15 is 0 Å². The summed E-state index contributed by atoms with van der Waals surface area (Å²) in [5.74, 6) is 1.52. The van der Waals surface area contributed by atoms with Crippen LogP contribution in [0.15, 0.2) is 36.4 Å². The van der Waals surface area contributed by atoms with Gasteiger partial charge in [-0.15, -0.1) is 0 Å². The molecule has 2 aromatic rings. The lowest BCUT2D eigenvalue weighted by Gasteiger charge is -2.15. The van der Waals surface area contributed by atoms with Crippen molar-refractivity contribution in [1.82, 2.24) is 0 Å². The molecule has 0 aliphatic carbocycles. The van der Waals surface area contributed by atoms with Crippen molar-refractivity contribution in [3.8, 4) is 17.2 Å². The quantitative estimate of drug-likeness (QED) is 0.535. The van der Waals surface area contributed by atoms with Crippen molar-refractivity contribution in [2.75, 3.05) is 19.8 Å². The fourth-order valence-corrected chi connectivity index (χ4v) is 2.54. The van der Waals surface area contributed by atoms with E-state index in [1.165, 1.54) is 0 Å². The molecule has 0 aliphatic rings. The summed E-state index contributed by atoms with van der Waals surface area (Å²) in [4.78, 5) is 0.242. The minimum Gasteiger partial charge on any atom is -0.490 e. The van der Waals surface area contributed by atoms with Gasteiger partial charge in [0.25, 0.3) is 0 Å². The molecule has 0 aromatic heterocycles. The number of hydrogen-bond acceptors (Lipinski definition) is 4. The van der Waals surface area contributed by atoms with Crippen molar-refractivity contribution < 1.29 is 14.2 Å². The van der Waals surface area contributed by atoms with Crippen LogP contribution in [-0.4, -0.2) is 24.8 Å². The third kappa shape index (κ3) is 4.90. The van der Waals surface area contributed by atoms with Crippen LogP contribution >= 0.6 is 35.4 Å². The van der Waals surface area contributed by atoms with Crippen LogP contribution in [0.1, 0.15) is 12.5 Å². The Hall–Kier alpha value is -1.69. The molecule has 0 heterocycles. The van der Waals surface area contributed by atoms with E-state index in [9.17, 15) is 0 Å². The number of rotatable bonds is 8. The van der Waals surface area contributed by atoms with Gasteiger partial charge in [-0.25, -0.2) is 0 Å². The first-order chi connectivity index (χ1) is 11.5. The highest BCUT2D eigenvalue weighted by molar-refractivity contribution is 7.80. The summed E-state index contributed by atoms with van der Waals surface area (Å²) in [6, 6.07) is 10.6. The predicted molar refractivity (Wildman–Crippen MR) is 101 cm³/mol. The zero-order valence-electron chi connectivity index (χ0n) is 13.1. The lowest BCUT2D eigenvalue weighted by atomic mass is 10.2. The second kappa shape index (κ2) is 8.97. The number of ether oxygens (including phenoxy) is 3. The number of hydrogen-bond donors (Lipinski definition) is 1. The van der Waals surface area contributed by atoms with Crippen LogP contribution < -0.4 is 19.9 Å². The van der Waals surface area contributed by atoms with Gasteiger partial charge in [-0.2, -0.15) is 0 Å². The molecule has 4 nitrogen and oxygen atoms in total. The Kier molecular flexibility index (Phi) is 6.97. The first-order valence-electron chi connectivity index (χ1n) is 7.29. The third-order valence-corrected chi connectivity index (χ3v) is 3.85. The van der Waals surface area contributed by atoms with Gasteiger partial charge in [0.05, 0.1) is 16.7 Å². The van der Waals surface area contributed by atoms with Crippen molar-refractivity contribution in [2.24, 2.45) is 5.73 Å². The normalized spacial score (nSPS) is 10.3. The predicted octanol–water partition coefficient (Wildman–Crippen LogP) is 4.48. The number of thiocarbonyl (C=S) groups is 1. The van der Waals surface area contributed by atoms with Crippen molar-refractivity contribution in [3.05, 3.63) is 52.0 Å². The topological polar surface area (TPSA) is 53.7 Å². The van der Waals surface area contributed by atoms with Gasteiger partial charge in [0, 0.05) is 5.56 Å². The molecule has 24 heavy (non-hydrogen) atoms. The summed E-state index contributed by atoms with van der Waals surface area (Å²) in [7, 11) is 0. The van der Waals surface area contributed by atoms with Gasteiger partial charge in [0.15, 0.2) is 11.5 Å². The van der Waals surface area contributed by atoms with E-state index in [1.807, 2.05) is 19.1 Å². The van der Waals surface area contributed by atoms with Crippen molar-refractivity contribution in [3.63, 3.8) is 0 Å². The average molecular weight is 386 g/mol. The Balaban J connectivity index is 2.03. The molecular weight excluding hydrogens is 369 g/mol. The van der Waals surface area contributed by atoms with Crippen molar-refractivity contribution >= 4 is 40.4 Å². The van der Waals surface area contributed by atoms with Gasteiger partial charge in [-0.3, -0.25) is 0 Å². The Bertz CT molecular complexity index is 725. The molecule has 0 radical (unpaired) electrons. The summed E-state index contributed by atoms with van der Waals surface area (Å²) < 4.78 is 16.8. The van der Waals surface area contributed by atoms with E-state index in [0.29, 0.717) is 46.1 Å². The molecule has 128 valence electrons. The zero-order chi connectivity index (χ0) is 17.5. The fraction of sp³-hybridized carbons (Fsp3) is 0.235. The zero-order valence-corrected chi connectivity index (χ0v) is 15.4. The lowest BCUT2D eigenvalue weighted by molar-refractivity contribution is 0.208. The number of nitrogens with two attached hydrogens (primary N) is 1. The molecule has 2 rings (SSSR count). The van der Waals surface area contributed by atoms with E-state index in [0.717, 1.165) is 0 Å². The van der Waals surface area contributed by atoms with Crippen molar-refractivity contribution in [1.29, 1.82) is 0 Å². The molecule has 2 aromatic carbocycles. The summed E-state index contributed by atoms with van der Waals surface area (Å²) in [6.45, 7) is 2.91. The smallest absolute Gasteiger partial charge is 0.179 e. The molecular formula is C17H17Cl2NO3S. The minimum atomic E-state index is 0.242. The second-order valence-corrected chi connectivity index (χ2v) is 5.96. The van der Waals surface area contributed by atoms with E-state index in [2.05, 4.69) is 0 Å². The molecule has 0 fully saturated rings. The van der Waals surface area contributed by atoms with Crippen LogP contribution in [0, 0.1) is 0 Å². The Labute approximate surface area is 156 Å². The highest BCUT2D eigenvalue weighted by atomic mass is 35.5. The molecule has 0 saturated carbocycles. The van der Waals surface area contributed by atoms with E-state index < -0.39 is 0 Å². The molecule has 7 heteroatoms. The highest BCUT2D eigenvalue weighted by Gasteiger charge is 2.14. The van der Waals surface area contributed by atoms with Crippen LogP contribution in [0.5, 0.6) is 17.2 Å². The summed E-state index contributed by atoms with van der Waals surface area (Å²) in [5, 5.41) is 0.924. The number of halogens is 2. The van der Waals surface area contributed by atoms with Gasteiger partial charge in [0.1, 0.15) is 24.0 Å². The average Bonchev–Trinajstić information content (AvgIpc) is 2.54. The Morgan fingerprint density at radius 2 is 1.71 bits per heavy atom. The van der Waals surface area contributed by atoms with Gasteiger partial charge in [-0.05, 0) is 31.2 Å². The van der Waals surface area contributed by atoms with Crippen LogP contribution in [0.25, 0.3) is 0 Å². The van der Waals surface area contributed by atoms with Gasteiger partial charge in [0.2, 0.25) is 0 Å². The monoisotopic (exact) mass is 385 g/mol. The van der Waals surface area contributed by atoms with Crippen LogP contribution in [0.3, 0.4) is 0 Å². The molecule has 2 N–H and O–H groups in total. The largest absolute Gasteiger partial charge is 0.490 e. The molecule has 0 aliphatic heterocycles. The minimum absolute atomic E-state index is 0.242. The van der Waals surface area contributed by atoms with Gasteiger partial charge in [-0.1, -0.05) is 47.6 Å². The van der Waals surface area contributed by atoms with Crippen LogP contribution in [0.2, 0.25) is 10.0 Å². The Morgan fingerprint density at radius 3 is 2.38 bits per heavy atom. The second-order valence-electron chi connectivity index (χ2n) is 4.71. The molecule has 0 spiro atoms. The molecule has 0 bridgehead atoms. The maximum Gasteiger partial charge on any atom is 0.179 e. The van der Waals surface area contributed by atoms with E-state index in [1.54, 1.807) is 24.3 Å². The van der Waals surface area contributed by atoms with E-state index in [-0.39, 0.29) is 11.6 Å². The molecule has 0 amide bonds. The SMILES string of the molecule is CCOc1cc(C(N)=S)cc(Cl)c1OCCOc1ccccc1Cl. The first kappa shape index (κ1) is 18.6. The van der Waals surface area contributed by atoms with Crippen LogP contribution in [0.4, 0.5) is 0 Å².